The fourth-order valence-corrected chi connectivity index (χ4v) is 5.28. The monoisotopic (exact) mass is 414 g/mol. The number of primary amides is 1. The zero-order chi connectivity index (χ0) is 20.5. The minimum Gasteiger partial charge on any atom is -0.366 e. The first-order valence-electron chi connectivity index (χ1n) is 10.2. The van der Waals surface area contributed by atoms with Crippen LogP contribution in [0.25, 0.3) is 10.2 Å². The average Bonchev–Trinajstić information content (AvgIpc) is 3.13. The van der Waals surface area contributed by atoms with Crippen LogP contribution in [0.15, 0.2) is 54.6 Å². The summed E-state index contributed by atoms with van der Waals surface area (Å²) < 4.78 is 0. The van der Waals surface area contributed by atoms with E-state index in [2.05, 4.69) is 17.4 Å². The molecule has 0 fully saturated rings. The second-order valence-electron chi connectivity index (χ2n) is 7.61. The summed E-state index contributed by atoms with van der Waals surface area (Å²) in [6.45, 7) is 0. The van der Waals surface area contributed by atoms with Crippen molar-refractivity contribution in [3.63, 3.8) is 0 Å². The number of anilines is 2. The Kier molecular flexibility index (Phi) is 4.93. The number of aromatic nitrogens is 2. The van der Waals surface area contributed by atoms with Gasteiger partial charge in [-0.1, -0.05) is 30.3 Å². The quantitative estimate of drug-likeness (QED) is 0.481. The van der Waals surface area contributed by atoms with Gasteiger partial charge in [-0.25, -0.2) is 9.97 Å². The van der Waals surface area contributed by atoms with Crippen molar-refractivity contribution < 1.29 is 4.79 Å². The van der Waals surface area contributed by atoms with Crippen molar-refractivity contribution in [3.8, 4) is 0 Å². The number of hydrogen-bond donors (Lipinski definition) is 2. The van der Waals surface area contributed by atoms with Crippen molar-refractivity contribution in [1.82, 2.24) is 9.97 Å². The summed E-state index contributed by atoms with van der Waals surface area (Å²) >= 11 is 1.80. The predicted octanol–water partition coefficient (Wildman–Crippen LogP) is 5.00. The van der Waals surface area contributed by atoms with E-state index in [0.29, 0.717) is 12.0 Å². The third-order valence-corrected chi connectivity index (χ3v) is 6.68. The molecule has 0 spiro atoms. The summed E-state index contributed by atoms with van der Waals surface area (Å²) in [5, 5.41) is 4.62. The molecule has 5 nitrogen and oxygen atoms in total. The number of nitrogens with two attached hydrogens (primary N) is 1. The molecule has 1 aliphatic rings. The van der Waals surface area contributed by atoms with Gasteiger partial charge in [0, 0.05) is 22.5 Å². The normalized spacial score (nSPS) is 13.2. The first-order chi connectivity index (χ1) is 14.7. The maximum Gasteiger partial charge on any atom is 0.248 e. The molecule has 0 aliphatic heterocycles. The van der Waals surface area contributed by atoms with Crippen LogP contribution in [-0.2, 0) is 19.3 Å². The number of carbonyl (C=O) groups is 1. The number of nitrogens with one attached hydrogen (secondary N) is 1. The standard InChI is InChI=1S/C24H22N4OS/c25-22(29)16-10-12-17(13-11-16)26-23-21-18-8-4-5-9-19(18)30-24(21)28-20(27-23)14-15-6-2-1-3-7-15/h1-3,6-7,10-13H,4-5,8-9,14H2,(H2,25,29)(H,26,27,28). The van der Waals surface area contributed by atoms with Crippen molar-refractivity contribution in [1.29, 1.82) is 0 Å². The van der Waals surface area contributed by atoms with Crippen LogP contribution in [0.3, 0.4) is 0 Å². The smallest absolute Gasteiger partial charge is 0.248 e. The molecule has 0 atom stereocenters. The van der Waals surface area contributed by atoms with Crippen molar-refractivity contribution >= 4 is 39.0 Å². The number of nitrogens with zero attached hydrogens (tertiary/aromatic N) is 2. The van der Waals surface area contributed by atoms with Gasteiger partial charge in [0.25, 0.3) is 0 Å². The Morgan fingerprint density at radius 1 is 1.00 bits per heavy atom. The second kappa shape index (κ2) is 7.88. The van der Waals surface area contributed by atoms with Crippen LogP contribution >= 0.6 is 11.3 Å². The summed E-state index contributed by atoms with van der Waals surface area (Å²) in [5.41, 5.74) is 9.32. The van der Waals surface area contributed by atoms with Gasteiger partial charge in [0.05, 0.1) is 5.39 Å². The van der Waals surface area contributed by atoms with E-state index in [-0.39, 0.29) is 0 Å². The number of benzene rings is 2. The molecule has 150 valence electrons. The Balaban J connectivity index is 1.58. The molecule has 1 amide bonds. The molecule has 3 N–H and O–H groups in total. The van der Waals surface area contributed by atoms with E-state index in [0.717, 1.165) is 40.4 Å². The fraction of sp³-hybridized carbons (Fsp3) is 0.208. The maximum atomic E-state index is 11.4. The third kappa shape index (κ3) is 3.66. The summed E-state index contributed by atoms with van der Waals surface area (Å²) in [6.07, 6.45) is 5.33. The van der Waals surface area contributed by atoms with Crippen LogP contribution < -0.4 is 11.1 Å². The molecule has 0 bridgehead atoms. The lowest BCUT2D eigenvalue weighted by atomic mass is 9.97. The van der Waals surface area contributed by atoms with E-state index in [1.807, 2.05) is 30.3 Å². The van der Waals surface area contributed by atoms with Crippen molar-refractivity contribution in [2.75, 3.05) is 5.32 Å². The number of carbonyl (C=O) groups excluding carboxylic acids is 1. The minimum atomic E-state index is -0.428. The van der Waals surface area contributed by atoms with Gasteiger partial charge in [-0.3, -0.25) is 4.79 Å². The molecule has 30 heavy (non-hydrogen) atoms. The lowest BCUT2D eigenvalue weighted by Gasteiger charge is -2.13. The van der Waals surface area contributed by atoms with Crippen molar-refractivity contribution in [3.05, 3.63) is 82.0 Å². The minimum absolute atomic E-state index is 0.428. The van der Waals surface area contributed by atoms with E-state index in [1.165, 1.54) is 28.8 Å². The Morgan fingerprint density at radius 3 is 2.53 bits per heavy atom. The van der Waals surface area contributed by atoms with Gasteiger partial charge >= 0.3 is 0 Å². The number of rotatable bonds is 5. The lowest BCUT2D eigenvalue weighted by molar-refractivity contribution is 0.100. The van der Waals surface area contributed by atoms with Crippen LogP contribution in [0.5, 0.6) is 0 Å². The number of aryl methyl sites for hydroxylation is 2. The van der Waals surface area contributed by atoms with Crippen molar-refractivity contribution in [2.24, 2.45) is 5.73 Å². The molecular formula is C24H22N4OS. The first kappa shape index (κ1) is 18.8. The molecular weight excluding hydrogens is 392 g/mol. The molecule has 0 saturated heterocycles. The van der Waals surface area contributed by atoms with Crippen LogP contribution in [-0.4, -0.2) is 15.9 Å². The maximum absolute atomic E-state index is 11.4. The highest BCUT2D eigenvalue weighted by atomic mass is 32.1. The van der Waals surface area contributed by atoms with Gasteiger partial charge < -0.3 is 11.1 Å². The average molecular weight is 415 g/mol. The number of hydrogen-bond acceptors (Lipinski definition) is 5. The topological polar surface area (TPSA) is 80.9 Å². The Bertz CT molecular complexity index is 1220. The van der Waals surface area contributed by atoms with Gasteiger partial charge in [0.15, 0.2) is 0 Å². The zero-order valence-electron chi connectivity index (χ0n) is 16.5. The van der Waals surface area contributed by atoms with Gasteiger partial charge in [0.1, 0.15) is 16.5 Å². The molecule has 2 aromatic carbocycles. The van der Waals surface area contributed by atoms with E-state index >= 15 is 0 Å². The van der Waals surface area contributed by atoms with Gasteiger partial charge in [-0.2, -0.15) is 0 Å². The molecule has 0 unspecified atom stereocenters. The van der Waals surface area contributed by atoms with Crippen LogP contribution in [0.4, 0.5) is 11.5 Å². The Labute approximate surface area is 179 Å². The molecule has 0 radical (unpaired) electrons. The summed E-state index contributed by atoms with van der Waals surface area (Å²) in [4.78, 5) is 23.7. The zero-order valence-corrected chi connectivity index (χ0v) is 17.3. The molecule has 5 rings (SSSR count). The highest BCUT2D eigenvalue weighted by Crippen LogP contribution is 2.39. The molecule has 1 aliphatic carbocycles. The van der Waals surface area contributed by atoms with Crippen LogP contribution in [0.1, 0.15) is 45.0 Å². The SMILES string of the molecule is NC(=O)c1ccc(Nc2nc(Cc3ccccc3)nc3sc4c(c23)CCCC4)cc1. The Morgan fingerprint density at radius 2 is 1.77 bits per heavy atom. The summed E-state index contributed by atoms with van der Waals surface area (Å²) in [7, 11) is 0. The summed E-state index contributed by atoms with van der Waals surface area (Å²) in [6, 6.07) is 17.5. The Hall–Kier alpha value is -3.25. The highest BCUT2D eigenvalue weighted by molar-refractivity contribution is 7.19. The lowest BCUT2D eigenvalue weighted by Crippen LogP contribution is -2.10. The predicted molar refractivity (Wildman–Crippen MR) is 122 cm³/mol. The molecule has 6 heteroatoms. The van der Waals surface area contributed by atoms with Gasteiger partial charge in [0.2, 0.25) is 5.91 Å². The second-order valence-corrected chi connectivity index (χ2v) is 8.69. The number of fused-ring (bicyclic) bond motifs is 3. The highest BCUT2D eigenvalue weighted by Gasteiger charge is 2.21. The largest absolute Gasteiger partial charge is 0.366 e. The van der Waals surface area contributed by atoms with Crippen LogP contribution in [0.2, 0.25) is 0 Å². The fourth-order valence-electron chi connectivity index (χ4n) is 4.00. The first-order valence-corrected chi connectivity index (χ1v) is 11.0. The number of thiophene rings is 1. The van der Waals surface area contributed by atoms with Crippen LogP contribution in [0, 0.1) is 0 Å². The number of amides is 1. The van der Waals surface area contributed by atoms with Crippen molar-refractivity contribution in [2.45, 2.75) is 32.1 Å². The molecule has 4 aromatic rings. The molecule has 0 saturated carbocycles. The van der Waals surface area contributed by atoms with E-state index in [1.54, 1.807) is 23.5 Å². The van der Waals surface area contributed by atoms with Gasteiger partial charge in [-0.15, -0.1) is 11.3 Å². The van der Waals surface area contributed by atoms with E-state index < -0.39 is 5.91 Å². The third-order valence-electron chi connectivity index (χ3n) is 5.50. The summed E-state index contributed by atoms with van der Waals surface area (Å²) in [5.74, 6) is 1.23. The van der Waals surface area contributed by atoms with E-state index in [9.17, 15) is 4.79 Å². The van der Waals surface area contributed by atoms with Gasteiger partial charge in [-0.05, 0) is 61.1 Å². The molecule has 2 heterocycles. The molecule has 2 aromatic heterocycles. The van der Waals surface area contributed by atoms with E-state index in [4.69, 9.17) is 15.7 Å².